The molecule has 0 saturated carbocycles. The molecular weight excluding hydrogens is 357 g/mol. The molecule has 5 heteroatoms. The molecule has 1 aromatic rings. The van der Waals surface area contributed by atoms with Crippen molar-refractivity contribution in [3.8, 4) is 5.75 Å². The zero-order valence-electron chi connectivity index (χ0n) is 8.98. The smallest absolute Gasteiger partial charge is 0.140 e. The van der Waals surface area contributed by atoms with Gasteiger partial charge in [-0.15, -0.1) is 0 Å². The second-order valence-electron chi connectivity index (χ2n) is 3.18. The molecule has 0 aromatic heterocycles. The number of hydrogen-bond donors (Lipinski definition) is 1. The summed E-state index contributed by atoms with van der Waals surface area (Å²) < 4.78 is 6.11. The lowest BCUT2D eigenvalue weighted by molar-refractivity contribution is 0.412. The highest BCUT2D eigenvalue weighted by Crippen LogP contribution is 2.31. The van der Waals surface area contributed by atoms with Gasteiger partial charge < -0.3 is 10.1 Å². The Morgan fingerprint density at radius 2 is 2.19 bits per heavy atom. The highest BCUT2D eigenvalue weighted by atomic mass is 79.9. The molecule has 2 nitrogen and oxygen atoms in total. The SMILES string of the molecule is COc1c(C)cc(NCC=C(Br)Br)cc1Cl. The molecule has 0 atom stereocenters. The van der Waals surface area contributed by atoms with Crippen LogP contribution in [-0.2, 0) is 0 Å². The van der Waals surface area contributed by atoms with E-state index in [0.29, 0.717) is 11.6 Å². The van der Waals surface area contributed by atoms with Crippen LogP contribution in [-0.4, -0.2) is 13.7 Å². The molecule has 1 aromatic carbocycles. The van der Waals surface area contributed by atoms with Gasteiger partial charge in [-0.2, -0.15) is 0 Å². The van der Waals surface area contributed by atoms with Crippen molar-refractivity contribution in [2.45, 2.75) is 6.92 Å². The lowest BCUT2D eigenvalue weighted by Gasteiger charge is -2.10. The average Bonchev–Trinajstić information content (AvgIpc) is 2.16. The minimum Gasteiger partial charge on any atom is -0.495 e. The van der Waals surface area contributed by atoms with Crippen molar-refractivity contribution >= 4 is 49.1 Å². The predicted octanol–water partition coefficient (Wildman–Crippen LogP) is 4.70. The summed E-state index contributed by atoms with van der Waals surface area (Å²) in [5, 5.41) is 3.85. The Morgan fingerprint density at radius 1 is 1.50 bits per heavy atom. The number of anilines is 1. The van der Waals surface area contributed by atoms with Crippen molar-refractivity contribution in [3.63, 3.8) is 0 Å². The van der Waals surface area contributed by atoms with Crippen LogP contribution in [0.4, 0.5) is 5.69 Å². The van der Waals surface area contributed by atoms with Crippen LogP contribution >= 0.6 is 43.5 Å². The van der Waals surface area contributed by atoms with Crippen LogP contribution in [0.25, 0.3) is 0 Å². The van der Waals surface area contributed by atoms with E-state index in [-0.39, 0.29) is 0 Å². The number of benzene rings is 1. The summed E-state index contributed by atoms with van der Waals surface area (Å²) in [6, 6.07) is 3.85. The van der Waals surface area contributed by atoms with Gasteiger partial charge in [0.15, 0.2) is 0 Å². The van der Waals surface area contributed by atoms with Crippen LogP contribution < -0.4 is 10.1 Å². The molecule has 0 radical (unpaired) electrons. The average molecular weight is 369 g/mol. The third-order valence-corrected chi connectivity index (χ3v) is 2.92. The van der Waals surface area contributed by atoms with Crippen LogP contribution in [0.2, 0.25) is 5.02 Å². The first-order chi connectivity index (χ1) is 7.54. The maximum atomic E-state index is 6.08. The Morgan fingerprint density at radius 3 is 2.69 bits per heavy atom. The number of rotatable bonds is 4. The fourth-order valence-corrected chi connectivity index (χ4v) is 2.00. The van der Waals surface area contributed by atoms with E-state index in [1.54, 1.807) is 7.11 Å². The first kappa shape index (κ1) is 13.9. The fraction of sp³-hybridized carbons (Fsp3) is 0.273. The minimum absolute atomic E-state index is 0.617. The van der Waals surface area contributed by atoms with E-state index in [1.807, 2.05) is 25.1 Å². The quantitative estimate of drug-likeness (QED) is 0.831. The molecule has 88 valence electrons. The van der Waals surface area contributed by atoms with Crippen LogP contribution in [0, 0.1) is 6.92 Å². The Balaban J connectivity index is 2.80. The van der Waals surface area contributed by atoms with Crippen molar-refractivity contribution < 1.29 is 4.74 Å². The number of methoxy groups -OCH3 is 1. The van der Waals surface area contributed by atoms with Gasteiger partial charge in [0.25, 0.3) is 0 Å². The number of hydrogen-bond acceptors (Lipinski definition) is 2. The topological polar surface area (TPSA) is 21.3 Å². The van der Waals surface area contributed by atoms with E-state index in [1.165, 1.54) is 0 Å². The summed E-state index contributed by atoms with van der Waals surface area (Å²) in [4.78, 5) is 0. The minimum atomic E-state index is 0.617. The summed E-state index contributed by atoms with van der Waals surface area (Å²) in [6.45, 7) is 2.68. The van der Waals surface area contributed by atoms with Gasteiger partial charge in [-0.05, 0) is 62.6 Å². The molecule has 0 unspecified atom stereocenters. The molecule has 1 N–H and O–H groups in total. The second-order valence-corrected chi connectivity index (χ2v) is 6.36. The van der Waals surface area contributed by atoms with Crippen LogP contribution in [0.5, 0.6) is 5.75 Å². The zero-order valence-corrected chi connectivity index (χ0v) is 12.9. The van der Waals surface area contributed by atoms with Gasteiger partial charge in [0.2, 0.25) is 0 Å². The molecule has 0 aliphatic carbocycles. The van der Waals surface area contributed by atoms with Crippen LogP contribution in [0.3, 0.4) is 0 Å². The molecule has 0 fully saturated rings. The fourth-order valence-electron chi connectivity index (χ4n) is 1.34. The van der Waals surface area contributed by atoms with E-state index in [9.17, 15) is 0 Å². The van der Waals surface area contributed by atoms with E-state index < -0.39 is 0 Å². The van der Waals surface area contributed by atoms with Crippen molar-refractivity contribution in [1.82, 2.24) is 0 Å². The molecule has 0 heterocycles. The normalized spacial score (nSPS) is 9.81. The molecule has 0 amide bonds. The lowest BCUT2D eigenvalue weighted by atomic mass is 10.2. The third kappa shape index (κ3) is 4.00. The highest BCUT2D eigenvalue weighted by Gasteiger charge is 2.05. The summed E-state index contributed by atoms with van der Waals surface area (Å²) in [7, 11) is 1.62. The number of ether oxygens (including phenoxy) is 1. The number of halogens is 3. The standard InChI is InChI=1S/C11H12Br2ClNO/c1-7-5-8(15-4-3-10(12)13)6-9(14)11(7)16-2/h3,5-6,15H,4H2,1-2H3. The van der Waals surface area contributed by atoms with E-state index in [2.05, 4.69) is 37.2 Å². The molecule has 0 saturated heterocycles. The van der Waals surface area contributed by atoms with Crippen LogP contribution in [0.15, 0.2) is 21.6 Å². The van der Waals surface area contributed by atoms with E-state index in [0.717, 1.165) is 20.4 Å². The van der Waals surface area contributed by atoms with E-state index >= 15 is 0 Å². The van der Waals surface area contributed by atoms with Gasteiger partial charge in [-0.1, -0.05) is 11.6 Å². The van der Waals surface area contributed by atoms with Gasteiger partial charge in [0.05, 0.1) is 15.5 Å². The van der Waals surface area contributed by atoms with Crippen molar-refractivity contribution in [3.05, 3.63) is 32.2 Å². The Bertz CT molecular complexity index is 380. The first-order valence-electron chi connectivity index (χ1n) is 4.63. The summed E-state index contributed by atoms with van der Waals surface area (Å²) >= 11 is 12.7. The Labute approximate surface area is 117 Å². The largest absolute Gasteiger partial charge is 0.495 e. The molecule has 0 aliphatic rings. The molecular formula is C11H12Br2ClNO. The summed E-state index contributed by atoms with van der Waals surface area (Å²) in [6.07, 6.45) is 1.97. The summed E-state index contributed by atoms with van der Waals surface area (Å²) in [5.74, 6) is 0.726. The molecule has 0 spiro atoms. The van der Waals surface area contributed by atoms with Gasteiger partial charge >= 0.3 is 0 Å². The first-order valence-corrected chi connectivity index (χ1v) is 6.60. The Hall–Kier alpha value is -0.190. The predicted molar refractivity (Wildman–Crippen MR) is 77.2 cm³/mol. The maximum Gasteiger partial charge on any atom is 0.140 e. The maximum absolute atomic E-state index is 6.08. The lowest BCUT2D eigenvalue weighted by Crippen LogP contribution is -1.99. The number of nitrogens with one attached hydrogen (secondary N) is 1. The van der Waals surface area contributed by atoms with Gasteiger partial charge in [-0.25, -0.2) is 0 Å². The molecule has 1 rings (SSSR count). The molecule has 0 aliphatic heterocycles. The van der Waals surface area contributed by atoms with Gasteiger partial charge in [-0.3, -0.25) is 0 Å². The van der Waals surface area contributed by atoms with Crippen molar-refractivity contribution in [1.29, 1.82) is 0 Å². The van der Waals surface area contributed by atoms with E-state index in [4.69, 9.17) is 16.3 Å². The van der Waals surface area contributed by atoms with Gasteiger partial charge in [0, 0.05) is 12.2 Å². The second kappa shape index (κ2) is 6.52. The molecule has 0 bridgehead atoms. The van der Waals surface area contributed by atoms with Crippen molar-refractivity contribution in [2.75, 3.05) is 19.0 Å². The van der Waals surface area contributed by atoms with Crippen molar-refractivity contribution in [2.24, 2.45) is 0 Å². The van der Waals surface area contributed by atoms with Gasteiger partial charge in [0.1, 0.15) is 5.75 Å². The zero-order chi connectivity index (χ0) is 12.1. The Kier molecular flexibility index (Phi) is 5.66. The molecule has 16 heavy (non-hydrogen) atoms. The number of aryl methyl sites for hydroxylation is 1. The highest BCUT2D eigenvalue weighted by molar-refractivity contribution is 9.28. The third-order valence-electron chi connectivity index (χ3n) is 2.00. The van der Waals surface area contributed by atoms with Crippen LogP contribution in [0.1, 0.15) is 5.56 Å². The summed E-state index contributed by atoms with van der Waals surface area (Å²) in [5.41, 5.74) is 1.99. The monoisotopic (exact) mass is 367 g/mol.